The van der Waals surface area contributed by atoms with Gasteiger partial charge < -0.3 is 15.3 Å². The highest BCUT2D eigenvalue weighted by Crippen LogP contribution is 2.41. The van der Waals surface area contributed by atoms with Crippen molar-refractivity contribution >= 4 is 23.3 Å². The summed E-state index contributed by atoms with van der Waals surface area (Å²) in [6.07, 6.45) is 1.80. The Morgan fingerprint density at radius 1 is 1.07 bits per heavy atom. The van der Waals surface area contributed by atoms with Crippen molar-refractivity contribution in [1.82, 2.24) is 4.90 Å². The number of carbonyl (C=O) groups is 2. The van der Waals surface area contributed by atoms with Gasteiger partial charge in [0.15, 0.2) is 0 Å². The quantitative estimate of drug-likeness (QED) is 0.859. The van der Waals surface area contributed by atoms with E-state index in [-0.39, 0.29) is 0 Å². The standard InChI is InChI=1S/C21H23N3O3/c1-14-9-10-16(13-15(14)2)24-20(26)22-18-8-4-3-7-17(18)21(24,27)19(25)23-11-5-6-12-23/h3-4,7-10,13,27H,5-6,11-12H2,1-2H3,(H,22,26). The lowest BCUT2D eigenvalue weighted by Gasteiger charge is -2.44. The summed E-state index contributed by atoms with van der Waals surface area (Å²) in [6, 6.07) is 11.9. The molecule has 0 aliphatic carbocycles. The van der Waals surface area contributed by atoms with Crippen LogP contribution in [0.3, 0.4) is 0 Å². The number of para-hydroxylation sites is 1. The Kier molecular flexibility index (Phi) is 4.15. The Morgan fingerprint density at radius 2 is 1.78 bits per heavy atom. The number of hydrogen-bond acceptors (Lipinski definition) is 3. The Hall–Kier alpha value is -2.86. The van der Waals surface area contributed by atoms with Crippen LogP contribution in [0.4, 0.5) is 16.2 Å². The molecule has 1 saturated heterocycles. The van der Waals surface area contributed by atoms with Gasteiger partial charge in [0, 0.05) is 24.3 Å². The van der Waals surface area contributed by atoms with Gasteiger partial charge in [0.05, 0.1) is 5.69 Å². The van der Waals surface area contributed by atoms with Crippen LogP contribution < -0.4 is 10.2 Å². The molecule has 2 aliphatic rings. The van der Waals surface area contributed by atoms with Gasteiger partial charge in [0.1, 0.15) is 0 Å². The molecule has 0 saturated carbocycles. The van der Waals surface area contributed by atoms with Crippen molar-refractivity contribution in [3.05, 3.63) is 59.2 Å². The van der Waals surface area contributed by atoms with Gasteiger partial charge in [-0.25, -0.2) is 4.79 Å². The van der Waals surface area contributed by atoms with Crippen molar-refractivity contribution in [3.8, 4) is 0 Å². The van der Waals surface area contributed by atoms with Crippen LogP contribution in [0.2, 0.25) is 0 Å². The molecule has 2 heterocycles. The van der Waals surface area contributed by atoms with Crippen LogP contribution in [0.5, 0.6) is 0 Å². The molecule has 4 rings (SSSR count). The molecule has 0 bridgehead atoms. The molecule has 140 valence electrons. The molecule has 0 aromatic heterocycles. The second-order valence-corrected chi connectivity index (χ2v) is 7.25. The predicted octanol–water partition coefficient (Wildman–Crippen LogP) is 3.12. The molecule has 0 radical (unpaired) electrons. The van der Waals surface area contributed by atoms with Crippen molar-refractivity contribution in [3.63, 3.8) is 0 Å². The summed E-state index contributed by atoms with van der Waals surface area (Å²) >= 11 is 0. The van der Waals surface area contributed by atoms with E-state index < -0.39 is 17.7 Å². The van der Waals surface area contributed by atoms with E-state index >= 15 is 0 Å². The lowest BCUT2D eigenvalue weighted by atomic mass is 9.94. The van der Waals surface area contributed by atoms with Crippen molar-refractivity contribution in [2.24, 2.45) is 0 Å². The predicted molar refractivity (Wildman–Crippen MR) is 104 cm³/mol. The number of benzene rings is 2. The molecule has 2 aromatic carbocycles. The van der Waals surface area contributed by atoms with Crippen molar-refractivity contribution in [2.45, 2.75) is 32.4 Å². The van der Waals surface area contributed by atoms with Crippen molar-refractivity contribution < 1.29 is 14.7 Å². The molecule has 3 amide bonds. The fourth-order valence-corrected chi connectivity index (χ4v) is 3.85. The number of hydrogen-bond donors (Lipinski definition) is 2. The van der Waals surface area contributed by atoms with Gasteiger partial charge in [-0.3, -0.25) is 9.69 Å². The third kappa shape index (κ3) is 2.68. The molecule has 0 spiro atoms. The fraction of sp³-hybridized carbons (Fsp3) is 0.333. The highest BCUT2D eigenvalue weighted by Gasteiger charge is 2.53. The molecule has 2 aliphatic heterocycles. The number of urea groups is 1. The van der Waals surface area contributed by atoms with E-state index in [2.05, 4.69) is 5.32 Å². The van der Waals surface area contributed by atoms with E-state index in [4.69, 9.17) is 0 Å². The maximum atomic E-state index is 13.4. The Labute approximate surface area is 158 Å². The SMILES string of the molecule is Cc1ccc(N2C(=O)Nc3ccccc3C2(O)C(=O)N2CCCC2)cc1C. The maximum Gasteiger partial charge on any atom is 0.329 e. The van der Waals surface area contributed by atoms with Gasteiger partial charge in [-0.1, -0.05) is 24.3 Å². The number of aryl methyl sites for hydroxylation is 2. The van der Waals surface area contributed by atoms with Crippen LogP contribution >= 0.6 is 0 Å². The number of amides is 3. The molecule has 27 heavy (non-hydrogen) atoms. The van der Waals surface area contributed by atoms with E-state index in [0.717, 1.165) is 24.0 Å². The minimum atomic E-state index is -2.08. The molecule has 6 nitrogen and oxygen atoms in total. The maximum absolute atomic E-state index is 13.4. The first-order chi connectivity index (χ1) is 12.9. The third-order valence-corrected chi connectivity index (χ3v) is 5.51. The number of carbonyl (C=O) groups excluding carboxylic acids is 2. The summed E-state index contributed by atoms with van der Waals surface area (Å²) in [7, 11) is 0. The average Bonchev–Trinajstić information content (AvgIpc) is 3.18. The van der Waals surface area contributed by atoms with E-state index in [1.165, 1.54) is 4.90 Å². The number of nitrogens with one attached hydrogen (secondary N) is 1. The third-order valence-electron chi connectivity index (χ3n) is 5.51. The zero-order valence-corrected chi connectivity index (χ0v) is 15.5. The number of likely N-dealkylation sites (tertiary alicyclic amines) is 1. The second-order valence-electron chi connectivity index (χ2n) is 7.25. The average molecular weight is 365 g/mol. The minimum Gasteiger partial charge on any atom is -0.359 e. The first-order valence-corrected chi connectivity index (χ1v) is 9.22. The van der Waals surface area contributed by atoms with Gasteiger partial charge in [0.25, 0.3) is 11.6 Å². The number of fused-ring (bicyclic) bond motifs is 1. The summed E-state index contributed by atoms with van der Waals surface area (Å²) in [5.74, 6) is -0.458. The van der Waals surface area contributed by atoms with Gasteiger partial charge >= 0.3 is 6.03 Å². The van der Waals surface area contributed by atoms with Gasteiger partial charge in [-0.2, -0.15) is 0 Å². The summed E-state index contributed by atoms with van der Waals surface area (Å²) in [6.45, 7) is 5.10. The van der Waals surface area contributed by atoms with Crippen molar-refractivity contribution in [1.29, 1.82) is 0 Å². The fourth-order valence-electron chi connectivity index (χ4n) is 3.85. The van der Waals surface area contributed by atoms with Crippen LogP contribution in [-0.2, 0) is 10.5 Å². The number of aliphatic hydroxyl groups is 1. The Bertz CT molecular complexity index is 921. The second kappa shape index (κ2) is 6.39. The highest BCUT2D eigenvalue weighted by atomic mass is 16.3. The topological polar surface area (TPSA) is 72.9 Å². The van der Waals surface area contributed by atoms with Gasteiger partial charge in [-0.05, 0) is 56.0 Å². The largest absolute Gasteiger partial charge is 0.359 e. The number of nitrogens with zero attached hydrogens (tertiary/aromatic N) is 2. The van der Waals surface area contributed by atoms with Crippen LogP contribution in [-0.4, -0.2) is 35.0 Å². The number of rotatable bonds is 2. The van der Waals surface area contributed by atoms with Crippen molar-refractivity contribution in [2.75, 3.05) is 23.3 Å². The van der Waals surface area contributed by atoms with Crippen LogP contribution in [0.15, 0.2) is 42.5 Å². The van der Waals surface area contributed by atoms with E-state index in [1.54, 1.807) is 35.2 Å². The molecule has 6 heteroatoms. The van der Waals surface area contributed by atoms with E-state index in [0.29, 0.717) is 30.0 Å². The Balaban J connectivity index is 1.90. The monoisotopic (exact) mass is 365 g/mol. The molecule has 2 aromatic rings. The number of anilines is 2. The van der Waals surface area contributed by atoms with Gasteiger partial charge in [0.2, 0.25) is 0 Å². The van der Waals surface area contributed by atoms with E-state index in [1.807, 2.05) is 26.0 Å². The molecule has 1 atom stereocenters. The lowest BCUT2D eigenvalue weighted by Crippen LogP contribution is -2.62. The van der Waals surface area contributed by atoms with Crippen LogP contribution in [0.1, 0.15) is 29.5 Å². The molecule has 1 unspecified atom stereocenters. The Morgan fingerprint density at radius 3 is 2.48 bits per heavy atom. The molecular weight excluding hydrogens is 342 g/mol. The molecule has 1 fully saturated rings. The molecule has 2 N–H and O–H groups in total. The minimum absolute atomic E-state index is 0.389. The first-order valence-electron chi connectivity index (χ1n) is 9.22. The molecular formula is C21H23N3O3. The summed E-state index contributed by atoms with van der Waals surface area (Å²) in [4.78, 5) is 29.2. The van der Waals surface area contributed by atoms with E-state index in [9.17, 15) is 14.7 Å². The zero-order valence-electron chi connectivity index (χ0n) is 15.5. The van der Waals surface area contributed by atoms with Crippen LogP contribution in [0.25, 0.3) is 0 Å². The van der Waals surface area contributed by atoms with Gasteiger partial charge in [-0.15, -0.1) is 0 Å². The smallest absolute Gasteiger partial charge is 0.329 e. The zero-order chi connectivity index (χ0) is 19.2. The lowest BCUT2D eigenvalue weighted by molar-refractivity contribution is -0.150. The first kappa shape index (κ1) is 17.5. The normalized spacial score (nSPS) is 21.8. The van der Waals surface area contributed by atoms with Crippen LogP contribution in [0, 0.1) is 13.8 Å². The summed E-state index contributed by atoms with van der Waals surface area (Å²) in [5.41, 5.74) is 1.31. The summed E-state index contributed by atoms with van der Waals surface area (Å²) < 4.78 is 0. The highest BCUT2D eigenvalue weighted by molar-refractivity contribution is 6.11. The summed E-state index contributed by atoms with van der Waals surface area (Å²) in [5, 5.41) is 14.6.